The fourth-order valence-corrected chi connectivity index (χ4v) is 6.17. The number of hydrogen-bond donors (Lipinski definition) is 0. The van der Waals surface area contributed by atoms with Crippen LogP contribution in [0.5, 0.6) is 0 Å². The van der Waals surface area contributed by atoms with E-state index < -0.39 is 0 Å². The Balaban J connectivity index is 1.39. The van der Waals surface area contributed by atoms with Gasteiger partial charge in [-0.3, -0.25) is 0 Å². The maximum Gasteiger partial charge on any atom is -0.00928 e. The molecule has 38 heavy (non-hydrogen) atoms. The Labute approximate surface area is 221 Å². The third-order valence-electron chi connectivity index (χ3n) is 8.00. The van der Waals surface area contributed by atoms with Gasteiger partial charge in [0.15, 0.2) is 0 Å². The zero-order chi connectivity index (χ0) is 25.1. The van der Waals surface area contributed by atoms with Crippen molar-refractivity contribution in [3.05, 3.63) is 146 Å². The van der Waals surface area contributed by atoms with Gasteiger partial charge in [0.25, 0.3) is 0 Å². The highest BCUT2D eigenvalue weighted by Crippen LogP contribution is 2.40. The van der Waals surface area contributed by atoms with Crippen LogP contribution in [0.25, 0.3) is 76.1 Å². The molecule has 0 aliphatic heterocycles. The van der Waals surface area contributed by atoms with Gasteiger partial charge in [0, 0.05) is 0 Å². The molecule has 8 rings (SSSR count). The SMILES string of the molecule is c1ccc2cc(-c3cccc4cc5c(-c6cc7ccccc7c7ccccc67)cccc5cc34)ccc2c1. The van der Waals surface area contributed by atoms with E-state index in [0.717, 1.165) is 0 Å². The lowest BCUT2D eigenvalue weighted by molar-refractivity contribution is 1.68. The van der Waals surface area contributed by atoms with Crippen molar-refractivity contribution in [2.24, 2.45) is 0 Å². The molecule has 0 aliphatic carbocycles. The van der Waals surface area contributed by atoms with Crippen molar-refractivity contribution in [2.45, 2.75) is 0 Å². The van der Waals surface area contributed by atoms with Gasteiger partial charge in [-0.2, -0.15) is 0 Å². The average molecular weight is 481 g/mol. The molecule has 8 aromatic rings. The van der Waals surface area contributed by atoms with E-state index in [1.165, 1.54) is 76.1 Å². The third-order valence-corrected chi connectivity index (χ3v) is 8.00. The molecule has 0 heterocycles. The van der Waals surface area contributed by atoms with Crippen LogP contribution in [0.4, 0.5) is 0 Å². The standard InChI is InChI=1S/C38H24/c1-2-10-26-21-30(20-19-25(26)9-1)32-17-7-12-28-23-37-29(22-36(28)32)13-8-18-35(37)38-24-27-11-3-4-14-31(27)33-15-5-6-16-34(33)38/h1-24H. The Morgan fingerprint density at radius 1 is 0.237 bits per heavy atom. The monoisotopic (exact) mass is 480 g/mol. The predicted octanol–water partition coefficient (Wildman–Crippen LogP) is 10.8. The normalized spacial score (nSPS) is 11.7. The molecule has 0 N–H and O–H groups in total. The second-order valence-electron chi connectivity index (χ2n) is 10.2. The molecule has 0 unspecified atom stereocenters. The van der Waals surface area contributed by atoms with Crippen LogP contribution >= 0.6 is 0 Å². The summed E-state index contributed by atoms with van der Waals surface area (Å²) in [6.07, 6.45) is 0. The van der Waals surface area contributed by atoms with Crippen molar-refractivity contribution in [1.29, 1.82) is 0 Å². The maximum absolute atomic E-state index is 2.38. The molecule has 0 spiro atoms. The molecule has 0 aromatic heterocycles. The molecule has 0 bridgehead atoms. The van der Waals surface area contributed by atoms with Crippen molar-refractivity contribution >= 4 is 53.9 Å². The number of rotatable bonds is 2. The highest BCUT2D eigenvalue weighted by atomic mass is 14.2. The maximum atomic E-state index is 2.38. The van der Waals surface area contributed by atoms with E-state index in [4.69, 9.17) is 0 Å². The topological polar surface area (TPSA) is 0 Å². The van der Waals surface area contributed by atoms with Gasteiger partial charge in [-0.25, -0.2) is 0 Å². The fraction of sp³-hybridized carbons (Fsp3) is 0. The minimum absolute atomic E-state index is 1.25. The molecule has 0 atom stereocenters. The Bertz CT molecular complexity index is 2180. The summed E-state index contributed by atoms with van der Waals surface area (Å²) >= 11 is 0. The highest BCUT2D eigenvalue weighted by Gasteiger charge is 2.13. The molecule has 0 amide bonds. The van der Waals surface area contributed by atoms with E-state index in [0.29, 0.717) is 0 Å². The van der Waals surface area contributed by atoms with Gasteiger partial charge in [0.2, 0.25) is 0 Å². The largest absolute Gasteiger partial charge is 0.0616 e. The molecule has 0 saturated heterocycles. The van der Waals surface area contributed by atoms with Crippen LogP contribution < -0.4 is 0 Å². The molecule has 0 heteroatoms. The molecular weight excluding hydrogens is 456 g/mol. The quantitative estimate of drug-likeness (QED) is 0.170. The first-order valence-corrected chi connectivity index (χ1v) is 13.2. The van der Waals surface area contributed by atoms with Gasteiger partial charge < -0.3 is 0 Å². The molecular formula is C38H24. The number of benzene rings is 8. The Kier molecular flexibility index (Phi) is 4.62. The van der Waals surface area contributed by atoms with Crippen LogP contribution in [-0.2, 0) is 0 Å². The molecule has 0 saturated carbocycles. The first kappa shape index (κ1) is 21.2. The Morgan fingerprint density at radius 2 is 0.789 bits per heavy atom. The van der Waals surface area contributed by atoms with Gasteiger partial charge in [0.05, 0.1) is 0 Å². The molecule has 176 valence electrons. The van der Waals surface area contributed by atoms with Crippen LogP contribution in [0.15, 0.2) is 146 Å². The summed E-state index contributed by atoms with van der Waals surface area (Å²) in [7, 11) is 0. The highest BCUT2D eigenvalue weighted by molar-refractivity contribution is 6.17. The van der Waals surface area contributed by atoms with Crippen molar-refractivity contribution < 1.29 is 0 Å². The predicted molar refractivity (Wildman–Crippen MR) is 165 cm³/mol. The van der Waals surface area contributed by atoms with Crippen LogP contribution in [0.3, 0.4) is 0 Å². The Morgan fingerprint density at radius 3 is 1.58 bits per heavy atom. The first-order chi connectivity index (χ1) is 18.8. The van der Waals surface area contributed by atoms with Crippen LogP contribution in [0.2, 0.25) is 0 Å². The van der Waals surface area contributed by atoms with Gasteiger partial charge in [0.1, 0.15) is 0 Å². The van der Waals surface area contributed by atoms with E-state index in [-0.39, 0.29) is 0 Å². The fourth-order valence-electron chi connectivity index (χ4n) is 6.17. The second kappa shape index (κ2) is 8.30. The van der Waals surface area contributed by atoms with E-state index in [1.54, 1.807) is 0 Å². The summed E-state index contributed by atoms with van der Waals surface area (Å²) in [5.41, 5.74) is 5.10. The molecule has 0 fully saturated rings. The number of hydrogen-bond acceptors (Lipinski definition) is 0. The molecule has 0 radical (unpaired) electrons. The van der Waals surface area contributed by atoms with Gasteiger partial charge in [-0.15, -0.1) is 0 Å². The summed E-state index contributed by atoms with van der Waals surface area (Å²) in [6, 6.07) is 53.4. The summed E-state index contributed by atoms with van der Waals surface area (Å²) in [5.74, 6) is 0. The van der Waals surface area contributed by atoms with Gasteiger partial charge >= 0.3 is 0 Å². The first-order valence-electron chi connectivity index (χ1n) is 13.2. The minimum atomic E-state index is 1.25. The van der Waals surface area contributed by atoms with Gasteiger partial charge in [-0.05, 0) is 100 Å². The lowest BCUT2D eigenvalue weighted by atomic mass is 9.89. The average Bonchev–Trinajstić information content (AvgIpc) is 2.99. The van der Waals surface area contributed by atoms with Crippen molar-refractivity contribution in [1.82, 2.24) is 0 Å². The van der Waals surface area contributed by atoms with Gasteiger partial charge in [-0.1, -0.05) is 121 Å². The van der Waals surface area contributed by atoms with E-state index in [1.807, 2.05) is 0 Å². The zero-order valence-electron chi connectivity index (χ0n) is 20.9. The summed E-state index contributed by atoms with van der Waals surface area (Å²) in [4.78, 5) is 0. The molecule has 0 aliphatic rings. The zero-order valence-corrected chi connectivity index (χ0v) is 20.9. The smallest absolute Gasteiger partial charge is 0.00928 e. The van der Waals surface area contributed by atoms with Crippen molar-refractivity contribution in [3.63, 3.8) is 0 Å². The molecule has 0 nitrogen and oxygen atoms in total. The molecule has 8 aromatic carbocycles. The third kappa shape index (κ3) is 3.24. The lowest BCUT2D eigenvalue weighted by Gasteiger charge is -2.15. The van der Waals surface area contributed by atoms with Crippen molar-refractivity contribution in [2.75, 3.05) is 0 Å². The van der Waals surface area contributed by atoms with E-state index >= 15 is 0 Å². The number of fused-ring (bicyclic) bond motifs is 6. The van der Waals surface area contributed by atoms with Crippen LogP contribution in [0.1, 0.15) is 0 Å². The van der Waals surface area contributed by atoms with E-state index in [2.05, 4.69) is 146 Å². The summed E-state index contributed by atoms with van der Waals surface area (Å²) in [6.45, 7) is 0. The second-order valence-corrected chi connectivity index (χ2v) is 10.2. The van der Waals surface area contributed by atoms with Crippen LogP contribution in [0, 0.1) is 0 Å². The minimum Gasteiger partial charge on any atom is -0.0616 e. The summed E-state index contributed by atoms with van der Waals surface area (Å²) in [5, 5.41) is 12.8. The van der Waals surface area contributed by atoms with E-state index in [9.17, 15) is 0 Å². The van der Waals surface area contributed by atoms with Crippen molar-refractivity contribution in [3.8, 4) is 22.3 Å². The lowest BCUT2D eigenvalue weighted by Crippen LogP contribution is -1.88. The Hall–Kier alpha value is -4.94. The summed E-state index contributed by atoms with van der Waals surface area (Å²) < 4.78 is 0. The van der Waals surface area contributed by atoms with Crippen LogP contribution in [-0.4, -0.2) is 0 Å².